The molecule has 0 spiro atoms. The Morgan fingerprint density at radius 1 is 1.26 bits per heavy atom. The average Bonchev–Trinajstić information content (AvgIpc) is 2.99. The van der Waals surface area contributed by atoms with Crippen LogP contribution < -0.4 is 10.2 Å². The van der Waals surface area contributed by atoms with Crippen molar-refractivity contribution in [1.29, 1.82) is 0 Å². The third-order valence-electron chi connectivity index (χ3n) is 3.18. The minimum absolute atomic E-state index is 0.112. The molecule has 0 aliphatic heterocycles. The van der Waals surface area contributed by atoms with Crippen LogP contribution in [0.4, 0.5) is 4.39 Å². The number of hydrazone groups is 1. The minimum Gasteiger partial charge on any atom is -0.493 e. The highest BCUT2D eigenvalue weighted by Gasteiger charge is 2.14. The van der Waals surface area contributed by atoms with Gasteiger partial charge in [0.2, 0.25) is 0 Å². The van der Waals surface area contributed by atoms with Crippen LogP contribution in [-0.2, 0) is 0 Å². The maximum absolute atomic E-state index is 13.0. The predicted molar refractivity (Wildman–Crippen MR) is 84.2 cm³/mol. The maximum atomic E-state index is 13.0. The standard InChI is InChI=1S/C17H13FN2O3/c1-22-14-7-3-5-12-9-15(23-16(12)14)17(21)20-19-10-11-4-2-6-13(18)8-11/h2-10H,1H3,(H,20,21). The maximum Gasteiger partial charge on any atom is 0.307 e. The summed E-state index contributed by atoms with van der Waals surface area (Å²) in [7, 11) is 1.53. The van der Waals surface area contributed by atoms with Gasteiger partial charge in [0.25, 0.3) is 0 Å². The number of hydrogen-bond acceptors (Lipinski definition) is 4. The fourth-order valence-corrected chi connectivity index (χ4v) is 2.12. The van der Waals surface area contributed by atoms with Gasteiger partial charge in [0.15, 0.2) is 17.1 Å². The molecule has 2 aromatic carbocycles. The van der Waals surface area contributed by atoms with Gasteiger partial charge in [-0.25, -0.2) is 9.82 Å². The molecule has 3 aromatic rings. The van der Waals surface area contributed by atoms with Crippen molar-refractivity contribution in [3.63, 3.8) is 0 Å². The SMILES string of the molecule is COc1cccc2cc(C(=O)NN=Cc3cccc(F)c3)oc12. The van der Waals surface area contributed by atoms with E-state index in [0.717, 1.165) is 5.39 Å². The fraction of sp³-hybridized carbons (Fsp3) is 0.0588. The van der Waals surface area contributed by atoms with Crippen molar-refractivity contribution in [1.82, 2.24) is 5.43 Å². The number of nitrogens with zero attached hydrogens (tertiary/aromatic N) is 1. The second kappa shape index (κ2) is 6.31. The highest BCUT2D eigenvalue weighted by molar-refractivity contribution is 5.97. The van der Waals surface area contributed by atoms with Gasteiger partial charge in [-0.1, -0.05) is 24.3 Å². The van der Waals surface area contributed by atoms with E-state index in [1.54, 1.807) is 30.3 Å². The molecule has 3 rings (SSSR count). The van der Waals surface area contributed by atoms with Crippen molar-refractivity contribution in [2.45, 2.75) is 0 Å². The Morgan fingerprint density at radius 3 is 2.87 bits per heavy atom. The third kappa shape index (κ3) is 3.21. The van der Waals surface area contributed by atoms with Crippen LogP contribution in [0.5, 0.6) is 5.75 Å². The number of rotatable bonds is 4. The predicted octanol–water partition coefficient (Wildman–Crippen LogP) is 3.34. The van der Waals surface area contributed by atoms with Gasteiger partial charge in [0.1, 0.15) is 5.82 Å². The molecular formula is C17H13FN2O3. The summed E-state index contributed by atoms with van der Waals surface area (Å²) in [6.45, 7) is 0. The quantitative estimate of drug-likeness (QED) is 0.593. The molecule has 1 aromatic heterocycles. The summed E-state index contributed by atoms with van der Waals surface area (Å²) >= 11 is 0. The number of amides is 1. The summed E-state index contributed by atoms with van der Waals surface area (Å²) < 4.78 is 23.7. The molecule has 116 valence electrons. The van der Waals surface area contributed by atoms with Crippen LogP contribution >= 0.6 is 0 Å². The molecule has 23 heavy (non-hydrogen) atoms. The van der Waals surface area contributed by atoms with Crippen LogP contribution in [0.15, 0.2) is 58.0 Å². The summed E-state index contributed by atoms with van der Waals surface area (Å²) in [6, 6.07) is 12.8. The zero-order chi connectivity index (χ0) is 16.2. The van der Waals surface area contributed by atoms with Crippen molar-refractivity contribution in [3.8, 4) is 5.75 Å². The summed E-state index contributed by atoms with van der Waals surface area (Å²) in [5.41, 5.74) is 3.37. The molecule has 0 atom stereocenters. The molecule has 1 heterocycles. The van der Waals surface area contributed by atoms with Crippen molar-refractivity contribution < 1.29 is 18.3 Å². The molecule has 5 nitrogen and oxygen atoms in total. The lowest BCUT2D eigenvalue weighted by atomic mass is 10.2. The monoisotopic (exact) mass is 312 g/mol. The van der Waals surface area contributed by atoms with Gasteiger partial charge in [-0.05, 0) is 29.8 Å². The average molecular weight is 312 g/mol. The summed E-state index contributed by atoms with van der Waals surface area (Å²) in [6.07, 6.45) is 1.35. The van der Waals surface area contributed by atoms with E-state index in [0.29, 0.717) is 16.9 Å². The van der Waals surface area contributed by atoms with Gasteiger partial charge in [-0.3, -0.25) is 4.79 Å². The van der Waals surface area contributed by atoms with E-state index < -0.39 is 5.91 Å². The van der Waals surface area contributed by atoms with E-state index in [1.165, 1.54) is 25.5 Å². The van der Waals surface area contributed by atoms with Crippen molar-refractivity contribution in [3.05, 3.63) is 65.7 Å². The van der Waals surface area contributed by atoms with E-state index >= 15 is 0 Å². The molecule has 0 saturated carbocycles. The third-order valence-corrected chi connectivity index (χ3v) is 3.18. The Kier molecular flexibility index (Phi) is 4.05. The first kappa shape index (κ1) is 14.8. The first-order valence-electron chi connectivity index (χ1n) is 6.83. The molecule has 0 saturated heterocycles. The van der Waals surface area contributed by atoms with E-state index in [2.05, 4.69) is 10.5 Å². The molecule has 1 amide bonds. The number of methoxy groups -OCH3 is 1. The van der Waals surface area contributed by atoms with Crippen LogP contribution in [-0.4, -0.2) is 19.2 Å². The van der Waals surface area contributed by atoms with Gasteiger partial charge >= 0.3 is 5.91 Å². The largest absolute Gasteiger partial charge is 0.493 e. The van der Waals surface area contributed by atoms with E-state index in [9.17, 15) is 9.18 Å². The number of nitrogens with one attached hydrogen (secondary N) is 1. The van der Waals surface area contributed by atoms with Crippen LogP contribution in [0.1, 0.15) is 16.1 Å². The highest BCUT2D eigenvalue weighted by atomic mass is 19.1. The Bertz CT molecular complexity index is 886. The fourth-order valence-electron chi connectivity index (χ4n) is 2.12. The zero-order valence-corrected chi connectivity index (χ0v) is 12.2. The molecule has 6 heteroatoms. The Hall–Kier alpha value is -3.15. The lowest BCUT2D eigenvalue weighted by Gasteiger charge is -1.98. The normalized spacial score (nSPS) is 11.0. The molecular weight excluding hydrogens is 299 g/mol. The number of halogens is 1. The number of hydrogen-bond donors (Lipinski definition) is 1. The minimum atomic E-state index is -0.504. The van der Waals surface area contributed by atoms with Gasteiger partial charge in [0, 0.05) is 5.39 Å². The summed E-state index contributed by atoms with van der Waals surface area (Å²) in [5.74, 6) is -0.216. The first-order chi connectivity index (χ1) is 11.2. The summed E-state index contributed by atoms with van der Waals surface area (Å²) in [5, 5.41) is 4.54. The lowest BCUT2D eigenvalue weighted by Crippen LogP contribution is -2.16. The highest BCUT2D eigenvalue weighted by Crippen LogP contribution is 2.28. The number of carbonyl (C=O) groups excluding carboxylic acids is 1. The first-order valence-corrected chi connectivity index (χ1v) is 6.83. The van der Waals surface area contributed by atoms with Gasteiger partial charge < -0.3 is 9.15 Å². The Balaban J connectivity index is 1.76. The number of fused-ring (bicyclic) bond motifs is 1. The molecule has 0 fully saturated rings. The van der Waals surface area contributed by atoms with E-state index in [-0.39, 0.29) is 11.6 Å². The number of carbonyl (C=O) groups is 1. The smallest absolute Gasteiger partial charge is 0.307 e. The second-order valence-corrected chi connectivity index (χ2v) is 4.74. The second-order valence-electron chi connectivity index (χ2n) is 4.74. The number of benzene rings is 2. The topological polar surface area (TPSA) is 63.8 Å². The van der Waals surface area contributed by atoms with Crippen molar-refractivity contribution in [2.75, 3.05) is 7.11 Å². The van der Waals surface area contributed by atoms with Gasteiger partial charge in [0.05, 0.1) is 13.3 Å². The Labute approximate surface area is 131 Å². The number of furan rings is 1. The van der Waals surface area contributed by atoms with Crippen LogP contribution in [0.25, 0.3) is 11.0 Å². The number of ether oxygens (including phenoxy) is 1. The van der Waals surface area contributed by atoms with Crippen LogP contribution in [0, 0.1) is 5.82 Å². The van der Waals surface area contributed by atoms with E-state index in [4.69, 9.17) is 9.15 Å². The summed E-state index contributed by atoms with van der Waals surface area (Å²) in [4.78, 5) is 12.0. The van der Waals surface area contributed by atoms with Crippen LogP contribution in [0.2, 0.25) is 0 Å². The zero-order valence-electron chi connectivity index (χ0n) is 12.2. The van der Waals surface area contributed by atoms with Crippen LogP contribution in [0.3, 0.4) is 0 Å². The number of para-hydroxylation sites is 1. The van der Waals surface area contributed by atoms with Crippen molar-refractivity contribution >= 4 is 23.1 Å². The van der Waals surface area contributed by atoms with E-state index in [1.807, 2.05) is 6.07 Å². The lowest BCUT2D eigenvalue weighted by molar-refractivity contribution is 0.0929. The molecule has 1 N–H and O–H groups in total. The molecule has 0 aliphatic rings. The van der Waals surface area contributed by atoms with Gasteiger partial charge in [-0.15, -0.1) is 0 Å². The molecule has 0 radical (unpaired) electrons. The van der Waals surface area contributed by atoms with Gasteiger partial charge in [-0.2, -0.15) is 5.10 Å². The molecule has 0 aliphatic carbocycles. The van der Waals surface area contributed by atoms with Crippen molar-refractivity contribution in [2.24, 2.45) is 5.10 Å². The molecule has 0 bridgehead atoms. The Morgan fingerprint density at radius 2 is 2.09 bits per heavy atom. The molecule has 0 unspecified atom stereocenters.